The van der Waals surface area contributed by atoms with Crippen molar-refractivity contribution in [3.63, 3.8) is 0 Å². The second kappa shape index (κ2) is 8.79. The van der Waals surface area contributed by atoms with Crippen molar-refractivity contribution < 1.29 is 18.1 Å². The lowest BCUT2D eigenvalue weighted by Gasteiger charge is -2.32. The van der Waals surface area contributed by atoms with E-state index in [9.17, 15) is 13.2 Å². The molecule has 0 radical (unpaired) electrons. The molecule has 0 saturated carbocycles. The van der Waals surface area contributed by atoms with Crippen molar-refractivity contribution in [1.82, 2.24) is 4.31 Å². The number of amides is 1. The van der Waals surface area contributed by atoms with E-state index in [0.29, 0.717) is 43.5 Å². The van der Waals surface area contributed by atoms with Crippen LogP contribution in [0.5, 0.6) is 0 Å². The predicted octanol–water partition coefficient (Wildman–Crippen LogP) is 0.857. The molecule has 6 nitrogen and oxygen atoms in total. The Balaban J connectivity index is 1.60. The van der Waals surface area contributed by atoms with Gasteiger partial charge < -0.3 is 9.80 Å². The Hall–Kier alpha value is -2.00. The number of thiophene rings is 1. The standard InChI is InChI=1S/C19H23N3O3S2/c1-2-10-22(17-7-4-3-5-8-17)18(23)16-20-11-13-21(14-12-20)27(24,25)19-9-6-15-26-19/h2-9,15H,1,10-14,16H2/p+1. The van der Waals surface area contributed by atoms with Crippen molar-refractivity contribution in [3.05, 3.63) is 60.5 Å². The Bertz CT molecular complexity index is 859. The van der Waals surface area contributed by atoms with Crippen LogP contribution in [0.15, 0.2) is 64.7 Å². The lowest BCUT2D eigenvalue weighted by Crippen LogP contribution is -3.15. The first kappa shape index (κ1) is 19.8. The third-order valence-corrected chi connectivity index (χ3v) is 7.87. The molecule has 0 unspecified atom stereocenters. The second-order valence-electron chi connectivity index (χ2n) is 6.39. The van der Waals surface area contributed by atoms with Gasteiger partial charge in [0.1, 0.15) is 4.21 Å². The Kier molecular flexibility index (Phi) is 6.43. The predicted molar refractivity (Wildman–Crippen MR) is 108 cm³/mol. The van der Waals surface area contributed by atoms with Gasteiger partial charge in [0.05, 0.1) is 26.2 Å². The number of anilines is 1. The second-order valence-corrected chi connectivity index (χ2v) is 9.50. The number of hydrogen-bond donors (Lipinski definition) is 1. The summed E-state index contributed by atoms with van der Waals surface area (Å²) in [6.45, 7) is 6.63. The summed E-state index contributed by atoms with van der Waals surface area (Å²) in [6.07, 6.45) is 1.71. The lowest BCUT2D eigenvalue weighted by molar-refractivity contribution is -0.895. The fourth-order valence-corrected chi connectivity index (χ4v) is 5.74. The molecule has 27 heavy (non-hydrogen) atoms. The number of nitrogens with one attached hydrogen (secondary N) is 1. The van der Waals surface area contributed by atoms with Gasteiger partial charge in [-0.25, -0.2) is 8.42 Å². The number of quaternary nitrogens is 1. The molecule has 1 aromatic carbocycles. The van der Waals surface area contributed by atoms with Crippen molar-refractivity contribution in [1.29, 1.82) is 0 Å². The minimum Gasteiger partial charge on any atom is -0.325 e. The van der Waals surface area contributed by atoms with Crippen molar-refractivity contribution in [2.45, 2.75) is 4.21 Å². The quantitative estimate of drug-likeness (QED) is 0.694. The van der Waals surface area contributed by atoms with Gasteiger partial charge in [0.2, 0.25) is 0 Å². The molecule has 3 rings (SSSR count). The summed E-state index contributed by atoms with van der Waals surface area (Å²) in [6, 6.07) is 12.9. The molecule has 1 aliphatic rings. The summed E-state index contributed by atoms with van der Waals surface area (Å²) in [5, 5.41) is 1.77. The molecule has 8 heteroatoms. The summed E-state index contributed by atoms with van der Waals surface area (Å²) in [4.78, 5) is 15.6. The van der Waals surface area contributed by atoms with Gasteiger partial charge in [-0.05, 0) is 23.6 Å². The van der Waals surface area contributed by atoms with E-state index < -0.39 is 10.0 Å². The molecule has 1 amide bonds. The Morgan fingerprint density at radius 3 is 2.48 bits per heavy atom. The molecule has 1 fully saturated rings. The highest BCUT2D eigenvalue weighted by atomic mass is 32.2. The van der Waals surface area contributed by atoms with Crippen LogP contribution >= 0.6 is 11.3 Å². The van der Waals surface area contributed by atoms with E-state index in [1.165, 1.54) is 15.6 Å². The van der Waals surface area contributed by atoms with Crippen LogP contribution in [0, 0.1) is 0 Å². The van der Waals surface area contributed by atoms with Crippen molar-refractivity contribution in [3.8, 4) is 0 Å². The van der Waals surface area contributed by atoms with Crippen LogP contribution in [-0.2, 0) is 14.8 Å². The molecule has 0 aliphatic carbocycles. The molecular formula is C19H24N3O3S2+. The Morgan fingerprint density at radius 1 is 1.19 bits per heavy atom. The van der Waals surface area contributed by atoms with Gasteiger partial charge in [0.25, 0.3) is 15.9 Å². The van der Waals surface area contributed by atoms with Crippen molar-refractivity contribution >= 4 is 33.0 Å². The largest absolute Gasteiger partial charge is 0.325 e. The van der Waals surface area contributed by atoms with Crippen molar-refractivity contribution in [2.24, 2.45) is 0 Å². The van der Waals surface area contributed by atoms with Gasteiger partial charge >= 0.3 is 0 Å². The molecule has 1 N–H and O–H groups in total. The number of rotatable bonds is 7. The van der Waals surface area contributed by atoms with Gasteiger partial charge in [-0.1, -0.05) is 30.3 Å². The minimum absolute atomic E-state index is 0.0191. The van der Waals surface area contributed by atoms with E-state index in [1.54, 1.807) is 28.5 Å². The average molecular weight is 407 g/mol. The molecule has 2 heterocycles. The monoisotopic (exact) mass is 406 g/mol. The molecule has 0 bridgehead atoms. The van der Waals surface area contributed by atoms with Gasteiger partial charge in [-0.15, -0.1) is 17.9 Å². The van der Waals surface area contributed by atoms with E-state index >= 15 is 0 Å². The summed E-state index contributed by atoms with van der Waals surface area (Å²) >= 11 is 1.24. The highest BCUT2D eigenvalue weighted by molar-refractivity contribution is 7.91. The third-order valence-electron chi connectivity index (χ3n) is 4.60. The zero-order valence-corrected chi connectivity index (χ0v) is 16.7. The number of carbonyl (C=O) groups excluding carboxylic acids is 1. The number of nitrogens with zero attached hydrogens (tertiary/aromatic N) is 2. The number of benzene rings is 1. The fourth-order valence-electron chi connectivity index (χ4n) is 3.15. The molecule has 1 aliphatic heterocycles. The normalized spacial score (nSPS) is 16.1. The van der Waals surface area contributed by atoms with E-state index in [1.807, 2.05) is 30.3 Å². The SMILES string of the molecule is C=CCN(C(=O)C[NH+]1CCN(S(=O)(=O)c2cccs2)CC1)c1ccccc1. The average Bonchev–Trinajstić information content (AvgIpc) is 3.23. The van der Waals surface area contributed by atoms with Crippen LogP contribution in [0.25, 0.3) is 0 Å². The van der Waals surface area contributed by atoms with E-state index in [4.69, 9.17) is 0 Å². The molecule has 0 atom stereocenters. The lowest BCUT2D eigenvalue weighted by atomic mass is 10.2. The highest BCUT2D eigenvalue weighted by Crippen LogP contribution is 2.20. The number of sulfonamides is 1. The van der Waals surface area contributed by atoms with Gasteiger partial charge in [0, 0.05) is 12.2 Å². The highest BCUT2D eigenvalue weighted by Gasteiger charge is 2.32. The number of piperazine rings is 1. The van der Waals surface area contributed by atoms with Gasteiger partial charge in [-0.2, -0.15) is 4.31 Å². The number of para-hydroxylation sites is 1. The van der Waals surface area contributed by atoms with E-state index in [-0.39, 0.29) is 5.91 Å². The van der Waals surface area contributed by atoms with Gasteiger partial charge in [0.15, 0.2) is 6.54 Å². The van der Waals surface area contributed by atoms with E-state index in [0.717, 1.165) is 10.6 Å². The molecule has 2 aromatic rings. The molecule has 0 spiro atoms. The summed E-state index contributed by atoms with van der Waals surface area (Å²) in [5.74, 6) is 0.0191. The first-order valence-electron chi connectivity index (χ1n) is 8.86. The maximum absolute atomic E-state index is 12.8. The van der Waals surface area contributed by atoms with Crippen LogP contribution in [0.1, 0.15) is 0 Å². The zero-order valence-electron chi connectivity index (χ0n) is 15.1. The summed E-state index contributed by atoms with van der Waals surface area (Å²) in [5.41, 5.74) is 0.848. The van der Waals surface area contributed by atoms with Crippen LogP contribution in [0.3, 0.4) is 0 Å². The fraction of sp³-hybridized carbons (Fsp3) is 0.316. The zero-order chi connectivity index (χ0) is 19.3. The topological polar surface area (TPSA) is 62.1 Å². The van der Waals surface area contributed by atoms with Crippen LogP contribution in [0.2, 0.25) is 0 Å². The molecular weight excluding hydrogens is 382 g/mol. The maximum Gasteiger partial charge on any atom is 0.282 e. The number of carbonyl (C=O) groups is 1. The van der Waals surface area contributed by atoms with E-state index in [2.05, 4.69) is 6.58 Å². The third kappa shape index (κ3) is 4.65. The van der Waals surface area contributed by atoms with Gasteiger partial charge in [-0.3, -0.25) is 4.79 Å². The number of hydrogen-bond acceptors (Lipinski definition) is 4. The Morgan fingerprint density at radius 2 is 1.89 bits per heavy atom. The van der Waals surface area contributed by atoms with Crippen LogP contribution in [-0.4, -0.2) is 57.9 Å². The minimum atomic E-state index is -3.41. The molecule has 144 valence electrons. The Labute approximate surface area is 164 Å². The van der Waals surface area contributed by atoms with Crippen LogP contribution in [0.4, 0.5) is 5.69 Å². The summed E-state index contributed by atoms with van der Waals surface area (Å²) < 4.78 is 27.1. The van der Waals surface area contributed by atoms with Crippen LogP contribution < -0.4 is 9.80 Å². The summed E-state index contributed by atoms with van der Waals surface area (Å²) in [7, 11) is -3.41. The maximum atomic E-state index is 12.8. The first-order valence-corrected chi connectivity index (χ1v) is 11.2. The van der Waals surface area contributed by atoms with Crippen molar-refractivity contribution in [2.75, 3.05) is 44.2 Å². The first-order chi connectivity index (χ1) is 13.0. The molecule has 1 saturated heterocycles. The smallest absolute Gasteiger partial charge is 0.282 e. The molecule has 1 aromatic heterocycles.